The molecular weight excluding hydrogens is 768 g/mol. The topological polar surface area (TPSA) is 157 Å². The van der Waals surface area contributed by atoms with Crippen molar-refractivity contribution in [3.05, 3.63) is 28.9 Å². The Morgan fingerprint density at radius 3 is 1.41 bits per heavy atom. The second kappa shape index (κ2) is 27.8. The van der Waals surface area contributed by atoms with Crippen LogP contribution in [0.2, 0.25) is 5.02 Å². The number of hydrogen-bond acceptors (Lipinski definition) is 8. The van der Waals surface area contributed by atoms with Crippen LogP contribution in [-0.2, 0) is 34.1 Å². The van der Waals surface area contributed by atoms with Crippen LogP contribution < -0.4 is 10.6 Å². The molecule has 0 fully saturated rings. The second-order valence-corrected chi connectivity index (χ2v) is 17.3. The molecule has 2 amide bonds. The fourth-order valence-corrected chi connectivity index (χ4v) is 7.33. The molecule has 3 aromatic rings. The van der Waals surface area contributed by atoms with Gasteiger partial charge >= 0.3 is 11.9 Å². The average molecular weight is 842 g/mol. The first kappa shape index (κ1) is 49.4. The zero-order valence-corrected chi connectivity index (χ0v) is 37.5. The van der Waals surface area contributed by atoms with E-state index < -0.39 is 11.9 Å². The van der Waals surface area contributed by atoms with E-state index in [1.807, 2.05) is 20.8 Å². The summed E-state index contributed by atoms with van der Waals surface area (Å²) in [7, 11) is 0. The Hall–Kier alpha value is -3.93. The number of amides is 2. The number of unbranched alkanes of at least 4 members (excludes halogenated alkanes) is 18. The first-order valence-corrected chi connectivity index (χ1v) is 23.0. The number of hydrogen-bond donors (Lipinski definition) is 3. The van der Waals surface area contributed by atoms with Crippen LogP contribution in [0.1, 0.15) is 194 Å². The molecule has 0 saturated heterocycles. The van der Waals surface area contributed by atoms with Crippen LogP contribution in [0.5, 0.6) is 0 Å². The molecule has 0 unspecified atom stereocenters. The molecule has 12 nitrogen and oxygen atoms in total. The summed E-state index contributed by atoms with van der Waals surface area (Å²) in [6.07, 6.45) is 23.7. The van der Waals surface area contributed by atoms with Gasteiger partial charge in [0, 0.05) is 35.2 Å². The molecule has 59 heavy (non-hydrogen) atoms. The van der Waals surface area contributed by atoms with Gasteiger partial charge in [0.2, 0.25) is 11.8 Å². The van der Waals surface area contributed by atoms with E-state index in [0.717, 1.165) is 38.5 Å². The molecule has 0 saturated carbocycles. The number of carbonyl (C=O) groups is 4. The fraction of sp³-hybridized carbons (Fsp3) is 0.696. The van der Waals surface area contributed by atoms with Crippen LogP contribution in [0.25, 0.3) is 17.0 Å². The minimum atomic E-state index is -0.412. The van der Waals surface area contributed by atoms with E-state index in [2.05, 4.69) is 39.7 Å². The Morgan fingerprint density at radius 2 is 1.02 bits per heavy atom. The molecule has 0 aliphatic carbocycles. The van der Waals surface area contributed by atoms with Crippen molar-refractivity contribution in [2.24, 2.45) is 0 Å². The van der Waals surface area contributed by atoms with Crippen molar-refractivity contribution in [1.29, 1.82) is 0 Å². The summed E-state index contributed by atoms with van der Waals surface area (Å²) in [6.45, 7) is 11.2. The van der Waals surface area contributed by atoms with E-state index in [4.69, 9.17) is 21.1 Å². The van der Waals surface area contributed by atoms with Gasteiger partial charge in [-0.3, -0.25) is 19.2 Å². The molecule has 1 aromatic carbocycles. The van der Waals surface area contributed by atoms with Crippen molar-refractivity contribution >= 4 is 52.4 Å². The van der Waals surface area contributed by atoms with Gasteiger partial charge in [-0.2, -0.15) is 5.10 Å². The molecule has 0 bridgehead atoms. The first-order chi connectivity index (χ1) is 28.4. The van der Waals surface area contributed by atoms with Gasteiger partial charge in [-0.25, -0.2) is 0 Å². The third-order valence-electron chi connectivity index (χ3n) is 10.4. The quantitative estimate of drug-likeness (QED) is 0.0427. The number of H-pyrrole nitrogens is 1. The van der Waals surface area contributed by atoms with Crippen LogP contribution in [0.4, 0.5) is 11.4 Å². The van der Waals surface area contributed by atoms with E-state index >= 15 is 0 Å². The Bertz CT molecular complexity index is 1640. The Morgan fingerprint density at radius 1 is 0.610 bits per heavy atom. The third-order valence-corrected chi connectivity index (χ3v) is 10.7. The summed E-state index contributed by atoms with van der Waals surface area (Å²) in [5.41, 5.74) is 2.22. The highest BCUT2D eigenvalue weighted by atomic mass is 35.5. The van der Waals surface area contributed by atoms with Gasteiger partial charge < -0.3 is 25.1 Å². The number of fused-ring (bicyclic) bond motifs is 1. The Kier molecular flexibility index (Phi) is 23.3. The minimum Gasteiger partial charge on any atom is -0.466 e. The second-order valence-electron chi connectivity index (χ2n) is 16.9. The van der Waals surface area contributed by atoms with Crippen molar-refractivity contribution in [2.45, 2.75) is 194 Å². The first-order valence-electron chi connectivity index (χ1n) is 22.6. The monoisotopic (exact) mass is 841 g/mol. The maximum atomic E-state index is 13.0. The molecular formula is C46H73ClN6O6. The number of anilines is 2. The predicted octanol–water partition coefficient (Wildman–Crippen LogP) is 12.0. The van der Waals surface area contributed by atoms with Crippen LogP contribution >= 0.6 is 11.6 Å². The van der Waals surface area contributed by atoms with E-state index in [9.17, 15) is 19.2 Å². The summed E-state index contributed by atoms with van der Waals surface area (Å²) < 4.78 is 12.2. The third kappa shape index (κ3) is 19.8. The summed E-state index contributed by atoms with van der Waals surface area (Å²) in [5.74, 6) is -1.18. The highest BCUT2D eigenvalue weighted by Gasteiger charge is 2.25. The van der Waals surface area contributed by atoms with Gasteiger partial charge in [-0.1, -0.05) is 162 Å². The fourth-order valence-electron chi connectivity index (χ4n) is 6.89. The van der Waals surface area contributed by atoms with Gasteiger partial charge in [0.15, 0.2) is 11.5 Å². The number of ether oxygens (including phenoxy) is 2. The molecule has 2 aromatic heterocycles. The standard InChI is InChI=1S/C46H73ClN6O6/c1-6-8-10-12-14-16-18-20-22-24-30-58-40(56)28-26-38(54)48-36-32-35(44-50-45-42(47)43(46(3,4)5)51-53(45)52-44)33-37(34-36)49-39(55)27-29-41(57)59-31-25-23-21-19-17-15-13-11-9-7-2/h32-34H,6-31H2,1-5H3,(H,48,54)(H,49,55)(H,50,52). The van der Waals surface area contributed by atoms with Gasteiger partial charge in [0.05, 0.1) is 31.7 Å². The van der Waals surface area contributed by atoms with E-state index in [1.54, 1.807) is 18.2 Å². The zero-order chi connectivity index (χ0) is 42.9. The molecule has 3 rings (SSSR count). The maximum Gasteiger partial charge on any atom is 0.306 e. The lowest BCUT2D eigenvalue weighted by Crippen LogP contribution is -2.16. The number of nitrogens with zero attached hydrogens (tertiary/aromatic N) is 3. The van der Waals surface area contributed by atoms with Crippen molar-refractivity contribution < 1.29 is 28.7 Å². The number of benzene rings is 1. The smallest absolute Gasteiger partial charge is 0.306 e. The average Bonchev–Trinajstić information content (AvgIpc) is 3.76. The molecule has 13 heteroatoms. The van der Waals surface area contributed by atoms with E-state index in [-0.39, 0.29) is 42.9 Å². The number of aromatic nitrogens is 4. The molecule has 3 N–H and O–H groups in total. The number of nitrogens with one attached hydrogen (secondary N) is 3. The zero-order valence-electron chi connectivity index (χ0n) is 36.8. The van der Waals surface area contributed by atoms with E-state index in [0.29, 0.717) is 52.3 Å². The van der Waals surface area contributed by atoms with Crippen LogP contribution in [0, 0.1) is 0 Å². The summed E-state index contributed by atoms with van der Waals surface area (Å²) in [5, 5.41) is 15.3. The Balaban J connectivity index is 1.51. The summed E-state index contributed by atoms with van der Waals surface area (Å²) in [4.78, 5) is 54.1. The van der Waals surface area contributed by atoms with Crippen LogP contribution in [-0.4, -0.2) is 56.8 Å². The summed E-state index contributed by atoms with van der Waals surface area (Å²) >= 11 is 6.69. The summed E-state index contributed by atoms with van der Waals surface area (Å²) in [6, 6.07) is 5.03. The normalized spacial score (nSPS) is 11.6. The number of esters is 2. The van der Waals surface area contributed by atoms with Crippen LogP contribution in [0.3, 0.4) is 0 Å². The molecule has 0 atom stereocenters. The van der Waals surface area contributed by atoms with Gasteiger partial charge in [-0.05, 0) is 31.0 Å². The number of aromatic amines is 1. The van der Waals surface area contributed by atoms with Crippen molar-refractivity contribution in [2.75, 3.05) is 23.8 Å². The predicted molar refractivity (Wildman–Crippen MR) is 238 cm³/mol. The highest BCUT2D eigenvalue weighted by Crippen LogP contribution is 2.33. The lowest BCUT2D eigenvalue weighted by Gasteiger charge is -2.14. The Labute approximate surface area is 358 Å². The lowest BCUT2D eigenvalue weighted by molar-refractivity contribution is -0.145. The molecule has 0 aliphatic heterocycles. The molecule has 0 radical (unpaired) electrons. The molecule has 2 heterocycles. The van der Waals surface area contributed by atoms with Gasteiger partial charge in [-0.15, -0.1) is 9.73 Å². The van der Waals surface area contributed by atoms with Gasteiger partial charge in [0.1, 0.15) is 5.02 Å². The van der Waals surface area contributed by atoms with Gasteiger partial charge in [0.25, 0.3) is 0 Å². The number of rotatable bonds is 31. The van der Waals surface area contributed by atoms with Crippen molar-refractivity contribution in [1.82, 2.24) is 19.8 Å². The molecule has 0 aliphatic rings. The van der Waals surface area contributed by atoms with E-state index in [1.165, 1.54) is 94.5 Å². The maximum absolute atomic E-state index is 13.0. The molecule has 330 valence electrons. The van der Waals surface area contributed by atoms with Crippen molar-refractivity contribution in [3.63, 3.8) is 0 Å². The molecule has 0 spiro atoms. The lowest BCUT2D eigenvalue weighted by atomic mass is 9.92. The largest absolute Gasteiger partial charge is 0.466 e. The van der Waals surface area contributed by atoms with Crippen LogP contribution in [0.15, 0.2) is 18.2 Å². The van der Waals surface area contributed by atoms with Crippen molar-refractivity contribution in [3.8, 4) is 11.4 Å². The SMILES string of the molecule is CCCCCCCCCCCCOC(=O)CCC(=O)Nc1cc(NC(=O)CCC(=O)OCCCCCCCCCCCC)cc(-c2nn3nc(C(C)(C)C)c(Cl)c3[nH]2)c1. The highest BCUT2D eigenvalue weighted by molar-refractivity contribution is 6.34. The number of halogens is 1. The minimum absolute atomic E-state index is 0.0494. The number of carbonyl (C=O) groups excluding carboxylic acids is 4.